The standard InChI is InChI=1S/C20H13ClFNO2/c21-15-5-3-6-16(22)14(15)10-11-8-9-13-18(20(24)25)12-4-1-2-7-17(12)23-19(11)13/h1-7,10H,8-9H2,(H,24,25). The molecule has 3 aromatic rings. The number of carbonyl (C=O) groups is 1. The minimum Gasteiger partial charge on any atom is -0.478 e. The third-order valence-electron chi connectivity index (χ3n) is 4.47. The predicted octanol–water partition coefficient (Wildman–Crippen LogP) is 5.21. The van der Waals surface area contributed by atoms with Crippen LogP contribution in [0.15, 0.2) is 42.5 Å². The average Bonchev–Trinajstić information content (AvgIpc) is 2.98. The van der Waals surface area contributed by atoms with Crippen LogP contribution in [0.2, 0.25) is 5.02 Å². The zero-order chi connectivity index (χ0) is 17.6. The van der Waals surface area contributed by atoms with E-state index in [-0.39, 0.29) is 5.56 Å². The number of halogens is 2. The molecule has 5 heteroatoms. The molecule has 1 aromatic heterocycles. The van der Waals surface area contributed by atoms with Gasteiger partial charge in [0.2, 0.25) is 0 Å². The summed E-state index contributed by atoms with van der Waals surface area (Å²) in [4.78, 5) is 16.5. The number of aromatic nitrogens is 1. The first kappa shape index (κ1) is 15.8. The summed E-state index contributed by atoms with van der Waals surface area (Å²) < 4.78 is 14.1. The van der Waals surface area contributed by atoms with Gasteiger partial charge in [-0.1, -0.05) is 35.9 Å². The van der Waals surface area contributed by atoms with Crippen molar-refractivity contribution >= 4 is 40.1 Å². The maximum atomic E-state index is 14.1. The van der Waals surface area contributed by atoms with Crippen molar-refractivity contribution in [3.8, 4) is 0 Å². The van der Waals surface area contributed by atoms with Gasteiger partial charge in [-0.15, -0.1) is 0 Å². The van der Waals surface area contributed by atoms with Gasteiger partial charge in [0.25, 0.3) is 0 Å². The molecule has 2 aromatic carbocycles. The van der Waals surface area contributed by atoms with E-state index < -0.39 is 11.8 Å². The summed E-state index contributed by atoms with van der Waals surface area (Å²) in [6.07, 6.45) is 2.84. The summed E-state index contributed by atoms with van der Waals surface area (Å²) in [5, 5.41) is 10.6. The van der Waals surface area contributed by atoms with Crippen LogP contribution in [0.5, 0.6) is 0 Å². The number of allylic oxidation sites excluding steroid dienone is 1. The third kappa shape index (κ3) is 2.59. The molecule has 0 saturated carbocycles. The lowest BCUT2D eigenvalue weighted by Gasteiger charge is -2.09. The van der Waals surface area contributed by atoms with Crippen LogP contribution in [0.25, 0.3) is 22.6 Å². The molecule has 25 heavy (non-hydrogen) atoms. The summed E-state index contributed by atoms with van der Waals surface area (Å²) in [6, 6.07) is 11.7. The number of aromatic carboxylic acids is 1. The van der Waals surface area contributed by atoms with Crippen LogP contribution in [-0.4, -0.2) is 16.1 Å². The highest BCUT2D eigenvalue weighted by atomic mass is 35.5. The van der Waals surface area contributed by atoms with Gasteiger partial charge in [-0.25, -0.2) is 14.2 Å². The Kier molecular flexibility index (Phi) is 3.77. The molecule has 0 aliphatic heterocycles. The minimum atomic E-state index is -0.972. The Labute approximate surface area is 148 Å². The van der Waals surface area contributed by atoms with Crippen molar-refractivity contribution in [1.82, 2.24) is 4.98 Å². The van der Waals surface area contributed by atoms with Crippen LogP contribution < -0.4 is 0 Å². The molecule has 0 radical (unpaired) electrons. The Balaban J connectivity index is 1.97. The first-order valence-corrected chi connectivity index (χ1v) is 8.24. The van der Waals surface area contributed by atoms with Crippen molar-refractivity contribution < 1.29 is 14.3 Å². The topological polar surface area (TPSA) is 50.2 Å². The third-order valence-corrected chi connectivity index (χ3v) is 4.80. The molecule has 0 unspecified atom stereocenters. The molecule has 0 bridgehead atoms. The van der Waals surface area contributed by atoms with Gasteiger partial charge in [-0.3, -0.25) is 0 Å². The highest BCUT2D eigenvalue weighted by Gasteiger charge is 2.26. The monoisotopic (exact) mass is 353 g/mol. The Morgan fingerprint density at radius 3 is 2.72 bits per heavy atom. The van der Waals surface area contributed by atoms with E-state index in [1.165, 1.54) is 6.07 Å². The minimum absolute atomic E-state index is 0.281. The van der Waals surface area contributed by atoms with E-state index in [2.05, 4.69) is 4.98 Å². The number of pyridine rings is 1. The van der Waals surface area contributed by atoms with Crippen molar-refractivity contribution in [2.24, 2.45) is 0 Å². The highest BCUT2D eigenvalue weighted by Crippen LogP contribution is 2.38. The summed E-state index contributed by atoms with van der Waals surface area (Å²) in [5.41, 5.74) is 3.32. The van der Waals surface area contributed by atoms with Gasteiger partial charge in [0.15, 0.2) is 0 Å². The average molecular weight is 354 g/mol. The second-order valence-corrected chi connectivity index (χ2v) is 6.35. The van der Waals surface area contributed by atoms with Crippen molar-refractivity contribution in [3.05, 3.63) is 75.7 Å². The molecule has 0 fully saturated rings. The lowest BCUT2D eigenvalue weighted by Crippen LogP contribution is -2.05. The van der Waals surface area contributed by atoms with Gasteiger partial charge >= 0.3 is 5.97 Å². The number of nitrogens with zero attached hydrogens (tertiary/aromatic N) is 1. The first-order valence-electron chi connectivity index (χ1n) is 7.86. The second-order valence-electron chi connectivity index (χ2n) is 5.94. The van der Waals surface area contributed by atoms with Gasteiger partial charge < -0.3 is 5.11 Å². The normalized spacial score (nSPS) is 14.9. The summed E-state index contributed by atoms with van der Waals surface area (Å²) >= 11 is 6.11. The zero-order valence-corrected chi connectivity index (χ0v) is 13.8. The number of benzene rings is 2. The predicted molar refractivity (Wildman–Crippen MR) is 96.3 cm³/mol. The number of para-hydroxylation sites is 1. The highest BCUT2D eigenvalue weighted by molar-refractivity contribution is 6.32. The largest absolute Gasteiger partial charge is 0.478 e. The van der Waals surface area contributed by atoms with E-state index in [1.807, 2.05) is 6.07 Å². The smallest absolute Gasteiger partial charge is 0.336 e. The SMILES string of the molecule is O=C(O)c1c2c(nc3ccccc13)C(=Cc1c(F)cccc1Cl)CC2. The van der Waals surface area contributed by atoms with E-state index in [4.69, 9.17) is 11.6 Å². The number of fused-ring (bicyclic) bond motifs is 2. The fourth-order valence-corrected chi connectivity index (χ4v) is 3.56. The van der Waals surface area contributed by atoms with Crippen molar-refractivity contribution in [2.45, 2.75) is 12.8 Å². The number of hydrogen-bond donors (Lipinski definition) is 1. The summed E-state index contributed by atoms with van der Waals surface area (Å²) in [7, 11) is 0. The van der Waals surface area contributed by atoms with Crippen LogP contribution in [0.3, 0.4) is 0 Å². The summed E-state index contributed by atoms with van der Waals surface area (Å²) in [6.45, 7) is 0. The van der Waals surface area contributed by atoms with Crippen molar-refractivity contribution in [3.63, 3.8) is 0 Å². The fraction of sp³-hybridized carbons (Fsp3) is 0.100. The zero-order valence-electron chi connectivity index (χ0n) is 13.1. The summed E-state index contributed by atoms with van der Waals surface area (Å²) in [5.74, 6) is -1.38. The van der Waals surface area contributed by atoms with Crippen LogP contribution in [-0.2, 0) is 6.42 Å². The van der Waals surface area contributed by atoms with Gasteiger partial charge in [0.05, 0.1) is 21.8 Å². The van der Waals surface area contributed by atoms with Crippen LogP contribution in [0.1, 0.15) is 33.6 Å². The second kappa shape index (κ2) is 5.97. The lowest BCUT2D eigenvalue weighted by molar-refractivity contribution is 0.0698. The molecule has 124 valence electrons. The van der Waals surface area contributed by atoms with Crippen molar-refractivity contribution in [1.29, 1.82) is 0 Å². The number of carboxylic acids is 1. The van der Waals surface area contributed by atoms with E-state index >= 15 is 0 Å². The van der Waals surface area contributed by atoms with Crippen LogP contribution in [0.4, 0.5) is 4.39 Å². The van der Waals surface area contributed by atoms with E-state index in [0.29, 0.717) is 45.6 Å². The maximum Gasteiger partial charge on any atom is 0.336 e. The maximum absolute atomic E-state index is 14.1. The van der Waals surface area contributed by atoms with Crippen LogP contribution >= 0.6 is 11.6 Å². The Hall–Kier alpha value is -2.72. The van der Waals surface area contributed by atoms with E-state index in [1.54, 1.807) is 36.4 Å². The molecule has 1 heterocycles. The molecule has 3 nitrogen and oxygen atoms in total. The van der Waals surface area contributed by atoms with Gasteiger partial charge in [-0.2, -0.15) is 0 Å². The molecule has 0 spiro atoms. The first-order chi connectivity index (χ1) is 12.1. The Morgan fingerprint density at radius 2 is 1.96 bits per heavy atom. The molecule has 0 amide bonds. The molecule has 1 aliphatic rings. The molecular formula is C20H13ClFNO2. The Morgan fingerprint density at radius 1 is 1.16 bits per heavy atom. The number of carboxylic acid groups (broad SMARTS) is 1. The van der Waals surface area contributed by atoms with Gasteiger partial charge in [-0.05, 0) is 48.3 Å². The quantitative estimate of drug-likeness (QED) is 0.687. The van der Waals surface area contributed by atoms with Gasteiger partial charge in [0, 0.05) is 10.9 Å². The van der Waals surface area contributed by atoms with Gasteiger partial charge in [0.1, 0.15) is 5.82 Å². The molecule has 1 N–H and O–H groups in total. The van der Waals surface area contributed by atoms with Crippen molar-refractivity contribution in [2.75, 3.05) is 0 Å². The molecule has 4 rings (SSSR count). The fourth-order valence-electron chi connectivity index (χ4n) is 3.35. The molecular weight excluding hydrogens is 341 g/mol. The Bertz CT molecular complexity index is 1040. The molecule has 0 saturated heterocycles. The van der Waals surface area contributed by atoms with E-state index in [9.17, 15) is 14.3 Å². The number of hydrogen-bond acceptors (Lipinski definition) is 2. The van der Waals surface area contributed by atoms with Crippen LogP contribution in [0, 0.1) is 5.82 Å². The van der Waals surface area contributed by atoms with E-state index in [0.717, 1.165) is 5.57 Å². The molecule has 1 aliphatic carbocycles. The molecule has 0 atom stereocenters. The lowest BCUT2D eigenvalue weighted by atomic mass is 10.0. The number of rotatable bonds is 2.